The summed E-state index contributed by atoms with van der Waals surface area (Å²) in [6, 6.07) is 13.7. The van der Waals surface area contributed by atoms with Crippen molar-refractivity contribution >= 4 is 22.8 Å². The van der Waals surface area contributed by atoms with Crippen molar-refractivity contribution in [2.45, 2.75) is 51.2 Å². The monoisotopic (exact) mass is 354 g/mol. The molecular weight excluding hydrogens is 330 g/mol. The van der Waals surface area contributed by atoms with Crippen LogP contribution in [0, 0.1) is 0 Å². The van der Waals surface area contributed by atoms with E-state index in [1.807, 2.05) is 42.5 Å². The molecule has 1 atom stereocenters. The van der Waals surface area contributed by atoms with Crippen LogP contribution in [0.5, 0.6) is 0 Å². The molecule has 0 unspecified atom stereocenters. The fourth-order valence-corrected chi connectivity index (χ4v) is 3.69. The maximum atomic E-state index is 12.6. The lowest BCUT2D eigenvalue weighted by molar-refractivity contribution is -0.317. The quantitative estimate of drug-likeness (QED) is 0.850. The molecule has 2 aromatic carbocycles. The molecule has 0 saturated carbocycles. The first kappa shape index (κ1) is 18.2. The van der Waals surface area contributed by atoms with E-state index >= 15 is 0 Å². The first-order valence-corrected chi connectivity index (χ1v) is 8.92. The molecule has 1 amide bonds. The summed E-state index contributed by atoms with van der Waals surface area (Å²) in [5, 5.41) is 14.2. The minimum Gasteiger partial charge on any atom is -0.548 e. The van der Waals surface area contributed by atoms with Crippen molar-refractivity contribution < 1.29 is 19.4 Å². The van der Waals surface area contributed by atoms with Crippen LogP contribution in [-0.2, 0) is 16.0 Å². The van der Waals surface area contributed by atoms with Crippen molar-refractivity contribution in [3.05, 3.63) is 48.0 Å². The summed E-state index contributed by atoms with van der Waals surface area (Å²) in [4.78, 5) is 26.2. The highest BCUT2D eigenvalue weighted by atomic mass is 16.6. The maximum absolute atomic E-state index is 12.6. The van der Waals surface area contributed by atoms with Crippen molar-refractivity contribution in [3.63, 3.8) is 0 Å². The summed E-state index contributed by atoms with van der Waals surface area (Å²) >= 11 is 0. The molecule has 1 heterocycles. The highest BCUT2D eigenvalue weighted by Gasteiger charge is 2.46. The van der Waals surface area contributed by atoms with Crippen molar-refractivity contribution in [1.29, 1.82) is 0 Å². The van der Waals surface area contributed by atoms with Crippen LogP contribution < -0.4 is 5.11 Å². The van der Waals surface area contributed by atoms with Gasteiger partial charge in [0.1, 0.15) is 5.60 Å². The van der Waals surface area contributed by atoms with Crippen molar-refractivity contribution in [1.82, 2.24) is 4.90 Å². The zero-order valence-electron chi connectivity index (χ0n) is 15.5. The van der Waals surface area contributed by atoms with E-state index in [0.717, 1.165) is 16.3 Å². The molecule has 1 aliphatic rings. The summed E-state index contributed by atoms with van der Waals surface area (Å²) in [5.41, 5.74) is -1.17. The normalized spacial score (nSPS) is 20.3. The molecule has 26 heavy (non-hydrogen) atoms. The number of aliphatic carboxylic acids is 1. The average Bonchev–Trinajstić information content (AvgIpc) is 2.99. The van der Waals surface area contributed by atoms with Crippen LogP contribution >= 0.6 is 0 Å². The predicted molar refractivity (Wildman–Crippen MR) is 97.6 cm³/mol. The van der Waals surface area contributed by atoms with Crippen LogP contribution in [0.25, 0.3) is 10.8 Å². The van der Waals surface area contributed by atoms with E-state index in [-0.39, 0.29) is 6.42 Å². The van der Waals surface area contributed by atoms with Crippen LogP contribution in [0.15, 0.2) is 42.5 Å². The maximum Gasteiger partial charge on any atom is 0.411 e. The van der Waals surface area contributed by atoms with Crippen LogP contribution in [0.1, 0.15) is 39.2 Å². The number of fused-ring (bicyclic) bond motifs is 1. The van der Waals surface area contributed by atoms with Gasteiger partial charge in [-0.25, -0.2) is 4.79 Å². The van der Waals surface area contributed by atoms with E-state index in [0.29, 0.717) is 19.4 Å². The van der Waals surface area contributed by atoms with Crippen molar-refractivity contribution in [2.75, 3.05) is 6.54 Å². The van der Waals surface area contributed by atoms with Gasteiger partial charge in [-0.1, -0.05) is 42.5 Å². The molecule has 0 N–H and O–H groups in total. The number of benzene rings is 2. The standard InChI is InChI=1S/C21H25NO4/c1-20(2,3)26-19(25)22-13-7-12-21(22,18(23)24)14-16-10-6-9-15-8-4-5-11-17(15)16/h4-6,8-11H,7,12-14H2,1-3H3,(H,23,24)/p-1/t21-/m1/s1. The molecule has 0 spiro atoms. The zero-order valence-corrected chi connectivity index (χ0v) is 15.5. The second kappa shape index (κ2) is 6.63. The Hall–Kier alpha value is -2.56. The van der Waals surface area contributed by atoms with Gasteiger partial charge in [0, 0.05) is 13.0 Å². The Balaban J connectivity index is 1.99. The minimum atomic E-state index is -1.38. The van der Waals surface area contributed by atoms with Crippen LogP contribution in [0.3, 0.4) is 0 Å². The summed E-state index contributed by atoms with van der Waals surface area (Å²) in [5.74, 6) is -1.23. The van der Waals surface area contributed by atoms with Gasteiger partial charge >= 0.3 is 6.09 Å². The topological polar surface area (TPSA) is 69.7 Å². The fraction of sp³-hybridized carbons (Fsp3) is 0.429. The molecule has 1 fully saturated rings. The molecular formula is C21H24NO4-. The Labute approximate surface area is 153 Å². The molecule has 0 aliphatic carbocycles. The lowest BCUT2D eigenvalue weighted by Gasteiger charge is -2.40. The molecule has 5 nitrogen and oxygen atoms in total. The van der Waals surface area contributed by atoms with Gasteiger partial charge in [0.25, 0.3) is 0 Å². The lowest BCUT2D eigenvalue weighted by atomic mass is 9.86. The van der Waals surface area contributed by atoms with Crippen molar-refractivity contribution in [3.8, 4) is 0 Å². The number of carbonyl (C=O) groups excluding carboxylic acids is 2. The zero-order chi connectivity index (χ0) is 18.9. The number of amides is 1. The number of hydrogen-bond acceptors (Lipinski definition) is 4. The van der Waals surface area contributed by atoms with E-state index < -0.39 is 23.2 Å². The minimum absolute atomic E-state index is 0.204. The molecule has 3 rings (SSSR count). The van der Waals surface area contributed by atoms with Gasteiger partial charge < -0.3 is 14.6 Å². The molecule has 0 radical (unpaired) electrons. The Morgan fingerprint density at radius 3 is 2.54 bits per heavy atom. The van der Waals surface area contributed by atoms with Crippen LogP contribution in [0.4, 0.5) is 4.79 Å². The smallest absolute Gasteiger partial charge is 0.411 e. The molecule has 0 aromatic heterocycles. The number of carboxylic acid groups (broad SMARTS) is 1. The first-order chi connectivity index (χ1) is 12.2. The summed E-state index contributed by atoms with van der Waals surface area (Å²) < 4.78 is 5.45. The average molecular weight is 354 g/mol. The number of rotatable bonds is 3. The van der Waals surface area contributed by atoms with E-state index in [2.05, 4.69) is 0 Å². The van der Waals surface area contributed by atoms with E-state index in [1.165, 1.54) is 4.90 Å². The third-order valence-corrected chi connectivity index (χ3v) is 4.85. The highest BCUT2D eigenvalue weighted by Crippen LogP contribution is 2.35. The largest absolute Gasteiger partial charge is 0.548 e. The second-order valence-electron chi connectivity index (χ2n) is 7.87. The summed E-state index contributed by atoms with van der Waals surface area (Å²) in [6.45, 7) is 5.67. The fourth-order valence-electron chi connectivity index (χ4n) is 3.69. The Bertz CT molecular complexity index is 834. The molecule has 138 valence electrons. The number of carbonyl (C=O) groups is 2. The predicted octanol–water partition coefficient (Wildman–Crippen LogP) is 2.90. The summed E-state index contributed by atoms with van der Waals surface area (Å²) in [7, 11) is 0. The van der Waals surface area contributed by atoms with Crippen LogP contribution in [-0.4, -0.2) is 34.6 Å². The Morgan fingerprint density at radius 2 is 1.85 bits per heavy atom. The van der Waals surface area contributed by atoms with Gasteiger partial charge in [0.15, 0.2) is 0 Å². The molecule has 2 aromatic rings. The first-order valence-electron chi connectivity index (χ1n) is 8.92. The third kappa shape index (κ3) is 3.39. The number of ether oxygens (including phenoxy) is 1. The van der Waals surface area contributed by atoms with Gasteiger partial charge in [0.05, 0.1) is 11.5 Å². The van der Waals surface area contributed by atoms with E-state index in [9.17, 15) is 14.7 Å². The van der Waals surface area contributed by atoms with Crippen LogP contribution in [0.2, 0.25) is 0 Å². The number of nitrogens with zero attached hydrogens (tertiary/aromatic N) is 1. The lowest BCUT2D eigenvalue weighted by Crippen LogP contribution is -2.60. The Morgan fingerprint density at radius 1 is 1.15 bits per heavy atom. The number of hydrogen-bond donors (Lipinski definition) is 0. The Kier molecular flexibility index (Phi) is 4.65. The molecule has 1 aliphatic heterocycles. The molecule has 5 heteroatoms. The SMILES string of the molecule is CC(C)(C)OC(=O)N1CCC[C@@]1(Cc1cccc2ccccc12)C(=O)[O-]. The van der Waals surface area contributed by atoms with Gasteiger partial charge in [-0.3, -0.25) is 4.90 Å². The molecule has 1 saturated heterocycles. The van der Waals surface area contributed by atoms with Gasteiger partial charge in [-0.15, -0.1) is 0 Å². The molecule has 0 bridgehead atoms. The highest BCUT2D eigenvalue weighted by molar-refractivity contribution is 5.88. The van der Waals surface area contributed by atoms with Gasteiger partial charge in [-0.2, -0.15) is 0 Å². The van der Waals surface area contributed by atoms with E-state index in [4.69, 9.17) is 4.74 Å². The number of likely N-dealkylation sites (tertiary alicyclic amines) is 1. The number of carboxylic acids is 1. The second-order valence-corrected chi connectivity index (χ2v) is 7.87. The summed E-state index contributed by atoms with van der Waals surface area (Å²) in [6.07, 6.45) is 0.575. The van der Waals surface area contributed by atoms with E-state index in [1.54, 1.807) is 20.8 Å². The van der Waals surface area contributed by atoms with Crippen molar-refractivity contribution in [2.24, 2.45) is 0 Å². The third-order valence-electron chi connectivity index (χ3n) is 4.85. The van der Waals surface area contributed by atoms with Gasteiger partial charge in [-0.05, 0) is 49.9 Å². The van der Waals surface area contributed by atoms with Gasteiger partial charge in [0.2, 0.25) is 0 Å².